The first-order chi connectivity index (χ1) is 5.84. The molecule has 13 heavy (non-hydrogen) atoms. The second kappa shape index (κ2) is 3.13. The summed E-state index contributed by atoms with van der Waals surface area (Å²) in [7, 11) is 0. The van der Waals surface area contributed by atoms with Gasteiger partial charge in [-0.1, -0.05) is 20.8 Å². The van der Waals surface area contributed by atoms with E-state index in [4.69, 9.17) is 0 Å². The van der Waals surface area contributed by atoms with E-state index in [1.807, 2.05) is 20.8 Å². The SMILES string of the molecule is Cc1ccc(C(C)(C)C)n1C(F)F. The van der Waals surface area contributed by atoms with Crippen molar-refractivity contribution in [2.75, 3.05) is 0 Å². The lowest BCUT2D eigenvalue weighted by Crippen LogP contribution is -2.18. The highest BCUT2D eigenvalue weighted by Crippen LogP contribution is 2.28. The summed E-state index contributed by atoms with van der Waals surface area (Å²) in [5.41, 5.74) is 1.06. The fourth-order valence-electron chi connectivity index (χ4n) is 1.42. The van der Waals surface area contributed by atoms with Crippen LogP contribution in [0.2, 0.25) is 0 Å². The summed E-state index contributed by atoms with van der Waals surface area (Å²) >= 11 is 0. The zero-order valence-corrected chi connectivity index (χ0v) is 8.44. The molecule has 1 aromatic heterocycles. The van der Waals surface area contributed by atoms with Crippen molar-refractivity contribution < 1.29 is 8.78 Å². The highest BCUT2D eigenvalue weighted by molar-refractivity contribution is 5.21. The molecule has 0 amide bonds. The Morgan fingerprint density at radius 3 is 2.08 bits per heavy atom. The van der Waals surface area contributed by atoms with Crippen molar-refractivity contribution in [1.29, 1.82) is 0 Å². The first kappa shape index (κ1) is 10.2. The second-order valence-electron chi connectivity index (χ2n) is 4.26. The molecular formula is C10H15F2N. The largest absolute Gasteiger partial charge is 0.318 e. The lowest BCUT2D eigenvalue weighted by molar-refractivity contribution is 0.0628. The van der Waals surface area contributed by atoms with Crippen LogP contribution < -0.4 is 0 Å². The minimum Gasteiger partial charge on any atom is -0.292 e. The molecule has 1 heterocycles. The predicted molar refractivity (Wildman–Crippen MR) is 49.1 cm³/mol. The van der Waals surface area contributed by atoms with Crippen LogP contribution in [0.5, 0.6) is 0 Å². The maximum Gasteiger partial charge on any atom is 0.318 e. The molecule has 74 valence electrons. The molecule has 0 aromatic carbocycles. The zero-order valence-electron chi connectivity index (χ0n) is 8.44. The van der Waals surface area contributed by atoms with Gasteiger partial charge in [0.25, 0.3) is 0 Å². The predicted octanol–water partition coefficient (Wildman–Crippen LogP) is 3.49. The molecule has 0 atom stereocenters. The molecule has 0 saturated carbocycles. The average molecular weight is 187 g/mol. The van der Waals surface area contributed by atoms with Crippen LogP contribution >= 0.6 is 0 Å². The lowest BCUT2D eigenvalue weighted by Gasteiger charge is -2.22. The van der Waals surface area contributed by atoms with Crippen LogP contribution in [0.1, 0.15) is 38.7 Å². The summed E-state index contributed by atoms with van der Waals surface area (Å²) in [6, 6.07) is 3.49. The van der Waals surface area contributed by atoms with E-state index >= 15 is 0 Å². The van der Waals surface area contributed by atoms with Crippen LogP contribution in [0.25, 0.3) is 0 Å². The van der Waals surface area contributed by atoms with Crippen LogP contribution in [0.3, 0.4) is 0 Å². The Labute approximate surface area is 77.4 Å². The molecule has 0 spiro atoms. The van der Waals surface area contributed by atoms with E-state index in [1.165, 1.54) is 0 Å². The smallest absolute Gasteiger partial charge is 0.292 e. The summed E-state index contributed by atoms with van der Waals surface area (Å²) in [5, 5.41) is 0. The van der Waals surface area contributed by atoms with Crippen LogP contribution in [-0.4, -0.2) is 4.57 Å². The summed E-state index contributed by atoms with van der Waals surface area (Å²) in [5.74, 6) is 0. The topological polar surface area (TPSA) is 4.93 Å². The van der Waals surface area contributed by atoms with Gasteiger partial charge in [0.1, 0.15) is 0 Å². The zero-order chi connectivity index (χ0) is 10.2. The van der Waals surface area contributed by atoms with E-state index in [0.29, 0.717) is 11.4 Å². The normalized spacial score (nSPS) is 12.5. The molecule has 1 aromatic rings. The third-order valence-electron chi connectivity index (χ3n) is 2.09. The first-order valence-corrected chi connectivity index (χ1v) is 4.30. The monoisotopic (exact) mass is 187 g/mol. The molecule has 0 aliphatic carbocycles. The molecule has 0 aliphatic heterocycles. The van der Waals surface area contributed by atoms with Crippen LogP contribution in [-0.2, 0) is 5.41 Å². The highest BCUT2D eigenvalue weighted by atomic mass is 19.3. The Bertz CT molecular complexity index is 294. The standard InChI is InChI=1S/C10H15F2N/c1-7-5-6-8(10(2,3)4)13(7)9(11)12/h5-6,9H,1-4H3. The minimum atomic E-state index is -2.44. The van der Waals surface area contributed by atoms with E-state index in [0.717, 1.165) is 4.57 Å². The van der Waals surface area contributed by atoms with Gasteiger partial charge in [0.15, 0.2) is 0 Å². The van der Waals surface area contributed by atoms with Gasteiger partial charge in [-0.2, -0.15) is 8.78 Å². The Hall–Kier alpha value is -0.860. The van der Waals surface area contributed by atoms with E-state index in [2.05, 4.69) is 0 Å². The Kier molecular flexibility index (Phi) is 2.46. The average Bonchev–Trinajstić information content (AvgIpc) is 2.28. The van der Waals surface area contributed by atoms with E-state index in [9.17, 15) is 8.78 Å². The molecule has 0 aliphatic rings. The van der Waals surface area contributed by atoms with Crippen molar-refractivity contribution >= 4 is 0 Å². The quantitative estimate of drug-likeness (QED) is 0.634. The van der Waals surface area contributed by atoms with Gasteiger partial charge in [-0.3, -0.25) is 4.57 Å². The van der Waals surface area contributed by atoms with E-state index in [1.54, 1.807) is 19.1 Å². The van der Waals surface area contributed by atoms with Crippen LogP contribution in [0.15, 0.2) is 12.1 Å². The summed E-state index contributed by atoms with van der Waals surface area (Å²) in [4.78, 5) is 0. The molecule has 0 bridgehead atoms. The lowest BCUT2D eigenvalue weighted by atomic mass is 9.92. The summed E-state index contributed by atoms with van der Waals surface area (Å²) < 4.78 is 26.3. The maximum absolute atomic E-state index is 12.6. The van der Waals surface area contributed by atoms with E-state index in [-0.39, 0.29) is 5.41 Å². The molecular weight excluding hydrogens is 172 g/mol. The van der Waals surface area contributed by atoms with Crippen molar-refractivity contribution in [3.05, 3.63) is 23.5 Å². The van der Waals surface area contributed by atoms with Gasteiger partial charge in [0.05, 0.1) is 0 Å². The number of rotatable bonds is 1. The van der Waals surface area contributed by atoms with Crippen LogP contribution in [0.4, 0.5) is 8.78 Å². The van der Waals surface area contributed by atoms with Crippen LogP contribution in [0, 0.1) is 6.92 Å². The molecule has 0 unspecified atom stereocenters. The number of aryl methyl sites for hydroxylation is 1. The van der Waals surface area contributed by atoms with Crippen molar-refractivity contribution in [2.24, 2.45) is 0 Å². The number of aromatic nitrogens is 1. The molecule has 0 fully saturated rings. The van der Waals surface area contributed by atoms with Crippen molar-refractivity contribution in [3.63, 3.8) is 0 Å². The second-order valence-corrected chi connectivity index (χ2v) is 4.26. The minimum absolute atomic E-state index is 0.231. The molecule has 0 saturated heterocycles. The fourth-order valence-corrected chi connectivity index (χ4v) is 1.42. The number of halogens is 2. The van der Waals surface area contributed by atoms with Gasteiger partial charge in [0, 0.05) is 16.8 Å². The van der Waals surface area contributed by atoms with Gasteiger partial charge < -0.3 is 0 Å². The number of nitrogens with zero attached hydrogens (tertiary/aromatic N) is 1. The number of hydrogen-bond donors (Lipinski definition) is 0. The van der Waals surface area contributed by atoms with Gasteiger partial charge in [-0.25, -0.2) is 0 Å². The Balaban J connectivity index is 3.23. The molecule has 1 rings (SSSR count). The van der Waals surface area contributed by atoms with E-state index < -0.39 is 6.55 Å². The number of alkyl halides is 2. The molecule has 0 radical (unpaired) electrons. The summed E-state index contributed by atoms with van der Waals surface area (Å²) in [6.07, 6.45) is 0. The molecule has 0 N–H and O–H groups in total. The molecule has 3 heteroatoms. The maximum atomic E-state index is 12.6. The Morgan fingerprint density at radius 1 is 1.23 bits per heavy atom. The first-order valence-electron chi connectivity index (χ1n) is 4.30. The van der Waals surface area contributed by atoms with Crippen molar-refractivity contribution in [2.45, 2.75) is 39.7 Å². The van der Waals surface area contributed by atoms with Crippen molar-refractivity contribution in [1.82, 2.24) is 4.57 Å². The highest BCUT2D eigenvalue weighted by Gasteiger charge is 2.22. The van der Waals surface area contributed by atoms with Gasteiger partial charge in [-0.15, -0.1) is 0 Å². The third-order valence-corrected chi connectivity index (χ3v) is 2.09. The third kappa shape index (κ3) is 1.90. The number of hydrogen-bond acceptors (Lipinski definition) is 0. The summed E-state index contributed by atoms with van der Waals surface area (Å²) in [6.45, 7) is 5.05. The van der Waals surface area contributed by atoms with Gasteiger partial charge in [-0.05, 0) is 19.1 Å². The molecule has 1 nitrogen and oxygen atoms in total. The van der Waals surface area contributed by atoms with Gasteiger partial charge in [0.2, 0.25) is 0 Å². The fraction of sp³-hybridized carbons (Fsp3) is 0.600. The van der Waals surface area contributed by atoms with Gasteiger partial charge >= 0.3 is 6.55 Å². The van der Waals surface area contributed by atoms with Crippen molar-refractivity contribution in [3.8, 4) is 0 Å². The Morgan fingerprint density at radius 2 is 1.77 bits per heavy atom.